The van der Waals surface area contributed by atoms with Gasteiger partial charge in [0.25, 0.3) is 5.69 Å². The first-order valence-corrected chi connectivity index (χ1v) is 6.39. The lowest BCUT2D eigenvalue weighted by Gasteiger charge is -2.26. The van der Waals surface area contributed by atoms with E-state index in [1.807, 2.05) is 20.8 Å². The highest BCUT2D eigenvalue weighted by atomic mass is 16.6. The molecule has 0 aliphatic rings. The number of non-ortho nitro benzene ring substituents is 1. The van der Waals surface area contributed by atoms with Gasteiger partial charge in [-0.15, -0.1) is 0 Å². The van der Waals surface area contributed by atoms with E-state index in [1.54, 1.807) is 0 Å². The van der Waals surface area contributed by atoms with E-state index in [0.29, 0.717) is 11.5 Å². The van der Waals surface area contributed by atoms with Crippen molar-refractivity contribution < 1.29 is 4.92 Å². The molecule has 0 radical (unpaired) electrons. The molecule has 8 nitrogen and oxygen atoms in total. The fraction of sp³-hybridized carbons (Fsp3) is 0.385. The van der Waals surface area contributed by atoms with Gasteiger partial charge in [0.05, 0.1) is 16.7 Å². The van der Waals surface area contributed by atoms with Crippen molar-refractivity contribution in [1.29, 1.82) is 0 Å². The van der Waals surface area contributed by atoms with Crippen LogP contribution in [0.5, 0.6) is 0 Å². The predicted octanol–water partition coefficient (Wildman–Crippen LogP) is 1.51. The van der Waals surface area contributed by atoms with Crippen LogP contribution in [0.2, 0.25) is 0 Å². The van der Waals surface area contributed by atoms with E-state index >= 15 is 0 Å². The van der Waals surface area contributed by atoms with E-state index in [-0.39, 0.29) is 11.1 Å². The Kier molecular flexibility index (Phi) is 3.65. The minimum Gasteiger partial charge on any atom is -0.321 e. The molecule has 0 fully saturated rings. The molecular weight excluding hydrogens is 274 g/mol. The number of benzene rings is 1. The first-order chi connectivity index (χ1) is 9.71. The SMILES string of the molecule is CC(C)(C)[C@H](N)c1n[nH]c(=O)n1-c1ccc([N+](=O)[O-])cc1. The molecule has 1 aromatic heterocycles. The third-order valence-electron chi connectivity index (χ3n) is 3.23. The lowest BCUT2D eigenvalue weighted by molar-refractivity contribution is -0.384. The number of nitrogens with zero attached hydrogens (tertiary/aromatic N) is 3. The van der Waals surface area contributed by atoms with E-state index in [1.165, 1.54) is 28.8 Å². The van der Waals surface area contributed by atoms with Crippen LogP contribution in [0.3, 0.4) is 0 Å². The smallest absolute Gasteiger partial charge is 0.321 e. The van der Waals surface area contributed by atoms with E-state index in [4.69, 9.17) is 5.73 Å². The van der Waals surface area contributed by atoms with Gasteiger partial charge >= 0.3 is 5.69 Å². The van der Waals surface area contributed by atoms with Crippen molar-refractivity contribution in [2.75, 3.05) is 0 Å². The fourth-order valence-electron chi connectivity index (χ4n) is 1.88. The van der Waals surface area contributed by atoms with Crippen LogP contribution in [0.4, 0.5) is 5.69 Å². The number of H-pyrrole nitrogens is 1. The molecule has 3 N–H and O–H groups in total. The summed E-state index contributed by atoms with van der Waals surface area (Å²) in [6, 6.07) is 5.19. The van der Waals surface area contributed by atoms with Crippen LogP contribution in [0.25, 0.3) is 5.69 Å². The maximum Gasteiger partial charge on any atom is 0.347 e. The van der Waals surface area contributed by atoms with Gasteiger partial charge in [-0.1, -0.05) is 20.8 Å². The second-order valence-corrected chi connectivity index (χ2v) is 5.84. The number of hydrogen-bond donors (Lipinski definition) is 2. The summed E-state index contributed by atoms with van der Waals surface area (Å²) in [4.78, 5) is 22.1. The molecule has 0 aliphatic carbocycles. The van der Waals surface area contributed by atoms with Crippen LogP contribution in [-0.2, 0) is 0 Å². The number of aromatic amines is 1. The second kappa shape index (κ2) is 5.13. The Balaban J connectivity index is 2.52. The van der Waals surface area contributed by atoms with Gasteiger partial charge in [-0.25, -0.2) is 14.5 Å². The summed E-state index contributed by atoms with van der Waals surface area (Å²) in [5, 5.41) is 17.0. The molecule has 0 bridgehead atoms. The van der Waals surface area contributed by atoms with Crippen LogP contribution in [0.1, 0.15) is 32.6 Å². The Bertz CT molecular complexity index is 709. The minimum atomic E-state index is -0.496. The second-order valence-electron chi connectivity index (χ2n) is 5.84. The van der Waals surface area contributed by atoms with Crippen molar-refractivity contribution in [1.82, 2.24) is 14.8 Å². The summed E-state index contributed by atoms with van der Waals surface area (Å²) < 4.78 is 1.33. The zero-order chi connectivity index (χ0) is 15.8. The summed E-state index contributed by atoms with van der Waals surface area (Å²) in [6.45, 7) is 5.82. The van der Waals surface area contributed by atoms with E-state index in [9.17, 15) is 14.9 Å². The van der Waals surface area contributed by atoms with Crippen LogP contribution >= 0.6 is 0 Å². The first kappa shape index (κ1) is 14.9. The first-order valence-electron chi connectivity index (χ1n) is 6.39. The molecule has 2 rings (SSSR count). The average Bonchev–Trinajstić information content (AvgIpc) is 2.78. The van der Waals surface area contributed by atoms with Crippen molar-refractivity contribution in [2.24, 2.45) is 11.1 Å². The highest BCUT2D eigenvalue weighted by molar-refractivity contribution is 5.41. The maximum atomic E-state index is 11.9. The minimum absolute atomic E-state index is 0.0445. The number of nitrogens with two attached hydrogens (primary N) is 1. The van der Waals surface area contributed by atoms with Gasteiger partial charge in [-0.3, -0.25) is 10.1 Å². The zero-order valence-electron chi connectivity index (χ0n) is 12.0. The molecule has 0 spiro atoms. The lowest BCUT2D eigenvalue weighted by Crippen LogP contribution is -2.30. The van der Waals surface area contributed by atoms with Gasteiger partial charge in [-0.2, -0.15) is 5.10 Å². The third kappa shape index (κ3) is 2.84. The molecule has 0 unspecified atom stereocenters. The summed E-state index contributed by atoms with van der Waals surface area (Å²) >= 11 is 0. The summed E-state index contributed by atoms with van der Waals surface area (Å²) in [5.41, 5.74) is 5.87. The molecule has 0 aliphatic heterocycles. The van der Waals surface area contributed by atoms with Crippen molar-refractivity contribution in [3.05, 3.63) is 50.7 Å². The molecule has 8 heteroatoms. The quantitative estimate of drug-likeness (QED) is 0.656. The molecule has 2 aromatic rings. The maximum absolute atomic E-state index is 11.9. The largest absolute Gasteiger partial charge is 0.347 e. The Morgan fingerprint density at radius 3 is 2.38 bits per heavy atom. The van der Waals surface area contributed by atoms with Gasteiger partial charge in [0.15, 0.2) is 5.82 Å². The van der Waals surface area contributed by atoms with Gasteiger partial charge in [0.2, 0.25) is 0 Å². The number of aromatic nitrogens is 3. The molecule has 0 amide bonds. The highest BCUT2D eigenvalue weighted by Gasteiger charge is 2.28. The average molecular weight is 291 g/mol. The van der Waals surface area contributed by atoms with E-state index < -0.39 is 16.7 Å². The van der Waals surface area contributed by atoms with Gasteiger partial charge in [-0.05, 0) is 17.5 Å². The van der Waals surface area contributed by atoms with Gasteiger partial charge in [0.1, 0.15) is 0 Å². The zero-order valence-corrected chi connectivity index (χ0v) is 12.0. The Hall–Kier alpha value is -2.48. The third-order valence-corrected chi connectivity index (χ3v) is 3.23. The molecule has 1 aromatic carbocycles. The number of nitro groups is 1. The number of rotatable bonds is 3. The predicted molar refractivity (Wildman–Crippen MR) is 77.2 cm³/mol. The molecular formula is C13H17N5O3. The monoisotopic (exact) mass is 291 g/mol. The molecule has 1 heterocycles. The van der Waals surface area contributed by atoms with Crippen LogP contribution in [0.15, 0.2) is 29.1 Å². The number of nitro benzene ring substituents is 1. The molecule has 1 atom stereocenters. The highest BCUT2D eigenvalue weighted by Crippen LogP contribution is 2.29. The summed E-state index contributed by atoms with van der Waals surface area (Å²) in [5.74, 6) is 0.390. The Morgan fingerprint density at radius 1 is 1.33 bits per heavy atom. The lowest BCUT2D eigenvalue weighted by atomic mass is 9.87. The Morgan fingerprint density at radius 2 is 1.90 bits per heavy atom. The normalized spacial score (nSPS) is 13.1. The van der Waals surface area contributed by atoms with E-state index in [0.717, 1.165) is 0 Å². The summed E-state index contributed by atoms with van der Waals surface area (Å²) in [7, 11) is 0. The van der Waals surface area contributed by atoms with Crippen LogP contribution < -0.4 is 11.4 Å². The van der Waals surface area contributed by atoms with Crippen molar-refractivity contribution in [2.45, 2.75) is 26.8 Å². The fourth-order valence-corrected chi connectivity index (χ4v) is 1.88. The standard InChI is InChI=1S/C13H17N5O3/c1-13(2,3)10(14)11-15-16-12(19)17(11)8-4-6-9(7-5-8)18(20)21/h4-7,10H,14H2,1-3H3,(H,16,19)/t10-/m1/s1. The molecule has 21 heavy (non-hydrogen) atoms. The topological polar surface area (TPSA) is 120 Å². The van der Waals surface area contributed by atoms with Crippen molar-refractivity contribution in [3.63, 3.8) is 0 Å². The molecule has 0 saturated heterocycles. The number of nitrogens with one attached hydrogen (secondary N) is 1. The van der Waals surface area contributed by atoms with Gasteiger partial charge < -0.3 is 5.73 Å². The summed E-state index contributed by atoms with van der Waals surface area (Å²) in [6.07, 6.45) is 0. The van der Waals surface area contributed by atoms with Crippen molar-refractivity contribution in [3.8, 4) is 5.69 Å². The van der Waals surface area contributed by atoms with Gasteiger partial charge in [0, 0.05) is 12.1 Å². The number of hydrogen-bond acceptors (Lipinski definition) is 5. The molecule has 0 saturated carbocycles. The van der Waals surface area contributed by atoms with E-state index in [2.05, 4.69) is 10.2 Å². The Labute approximate surface area is 120 Å². The molecule has 112 valence electrons. The van der Waals surface area contributed by atoms with Crippen LogP contribution in [0, 0.1) is 15.5 Å². The van der Waals surface area contributed by atoms with Crippen molar-refractivity contribution >= 4 is 5.69 Å². The van der Waals surface area contributed by atoms with Crippen LogP contribution in [-0.4, -0.2) is 19.7 Å².